The highest BCUT2D eigenvalue weighted by atomic mass is 32.2. The van der Waals surface area contributed by atoms with Crippen LogP contribution in [0, 0.1) is 5.92 Å². The number of hydrogen-bond acceptors (Lipinski definition) is 5. The number of hydrogen-bond donors (Lipinski definition) is 2. The summed E-state index contributed by atoms with van der Waals surface area (Å²) in [4.78, 5) is 25.0. The van der Waals surface area contributed by atoms with E-state index in [1.165, 1.54) is 17.5 Å². The van der Waals surface area contributed by atoms with E-state index in [1.807, 2.05) is 24.3 Å². The predicted molar refractivity (Wildman–Crippen MR) is 126 cm³/mol. The summed E-state index contributed by atoms with van der Waals surface area (Å²) in [5, 5.41) is 5.67. The van der Waals surface area contributed by atoms with Crippen molar-refractivity contribution in [3.05, 3.63) is 48.0 Å². The highest BCUT2D eigenvalue weighted by Gasteiger charge is 2.30. The third kappa shape index (κ3) is 5.20. The summed E-state index contributed by atoms with van der Waals surface area (Å²) in [5.41, 5.74) is 2.27. The molecule has 0 spiro atoms. The van der Waals surface area contributed by atoms with Gasteiger partial charge in [0.15, 0.2) is 0 Å². The number of para-hydroxylation sites is 1. The molecule has 8 nitrogen and oxygen atoms in total. The number of nitrogens with one attached hydrogen (secondary N) is 2. The van der Waals surface area contributed by atoms with Crippen LogP contribution in [0.4, 0.5) is 11.4 Å². The molecule has 176 valence electrons. The number of carbonyl (C=O) groups is 2. The van der Waals surface area contributed by atoms with Gasteiger partial charge in [-0.05, 0) is 55.5 Å². The largest absolute Gasteiger partial charge is 0.495 e. The Labute approximate surface area is 194 Å². The molecule has 0 radical (unpaired) electrons. The van der Waals surface area contributed by atoms with Gasteiger partial charge >= 0.3 is 0 Å². The van der Waals surface area contributed by atoms with Crippen LogP contribution in [0.3, 0.4) is 0 Å². The summed E-state index contributed by atoms with van der Waals surface area (Å²) < 4.78 is 33.1. The molecular weight excluding hydrogens is 442 g/mol. The van der Waals surface area contributed by atoms with E-state index in [-0.39, 0.29) is 34.8 Å². The maximum atomic E-state index is 13.2. The van der Waals surface area contributed by atoms with Gasteiger partial charge in [-0.2, -0.15) is 4.31 Å². The maximum Gasteiger partial charge on any atom is 0.246 e. The second kappa shape index (κ2) is 9.93. The Morgan fingerprint density at radius 2 is 1.91 bits per heavy atom. The molecule has 0 aromatic heterocycles. The first-order chi connectivity index (χ1) is 15.9. The van der Waals surface area contributed by atoms with E-state index in [0.29, 0.717) is 31.6 Å². The molecule has 0 saturated carbocycles. The minimum Gasteiger partial charge on any atom is -0.495 e. The third-order valence-corrected chi connectivity index (χ3v) is 8.13. The number of piperidine rings is 1. The number of nitrogens with zero attached hydrogens (tertiary/aromatic N) is 1. The lowest BCUT2D eigenvalue weighted by Gasteiger charge is -2.26. The molecule has 2 heterocycles. The molecular formula is C24H29N3O5S. The Morgan fingerprint density at radius 1 is 1.15 bits per heavy atom. The Kier molecular flexibility index (Phi) is 6.99. The van der Waals surface area contributed by atoms with Crippen molar-refractivity contribution in [2.45, 2.75) is 43.4 Å². The molecule has 1 fully saturated rings. The van der Waals surface area contributed by atoms with Crippen LogP contribution in [-0.2, 0) is 26.0 Å². The average Bonchev–Trinajstić information content (AvgIpc) is 2.83. The van der Waals surface area contributed by atoms with Crippen molar-refractivity contribution in [1.82, 2.24) is 4.31 Å². The molecule has 2 aromatic rings. The fourth-order valence-electron chi connectivity index (χ4n) is 4.38. The Bertz CT molecular complexity index is 1140. The van der Waals surface area contributed by atoms with Crippen molar-refractivity contribution >= 4 is 33.2 Å². The molecule has 2 aliphatic rings. The standard InChI is InChI=1S/C24H29N3O5S/c1-32-21-11-10-19(16-22(21)33(30,31)27-13-5-2-6-14-27)25-23(28)12-9-18-15-17-7-3-4-8-20(17)26-24(18)29/h3-4,7-8,10-11,16,18H,2,5-6,9,12-15H2,1H3,(H,25,28)(H,26,29). The summed E-state index contributed by atoms with van der Waals surface area (Å²) in [6.45, 7) is 0.962. The molecule has 1 saturated heterocycles. The van der Waals surface area contributed by atoms with Gasteiger partial charge in [-0.1, -0.05) is 24.6 Å². The number of sulfonamides is 1. The molecule has 2 N–H and O–H groups in total. The van der Waals surface area contributed by atoms with Gasteiger partial charge in [-0.3, -0.25) is 9.59 Å². The smallest absolute Gasteiger partial charge is 0.246 e. The second-order valence-electron chi connectivity index (χ2n) is 8.46. The highest BCUT2D eigenvalue weighted by Crippen LogP contribution is 2.32. The number of methoxy groups -OCH3 is 1. The number of benzene rings is 2. The summed E-state index contributed by atoms with van der Waals surface area (Å²) in [6.07, 6.45) is 3.83. The number of fused-ring (bicyclic) bond motifs is 1. The van der Waals surface area contributed by atoms with Crippen molar-refractivity contribution in [1.29, 1.82) is 0 Å². The first kappa shape index (κ1) is 23.3. The Hall–Kier alpha value is -2.91. The van der Waals surface area contributed by atoms with Crippen molar-refractivity contribution in [2.24, 2.45) is 5.92 Å². The molecule has 0 aliphatic carbocycles. The summed E-state index contributed by atoms with van der Waals surface area (Å²) in [7, 11) is -2.30. The lowest BCUT2D eigenvalue weighted by atomic mass is 9.89. The van der Waals surface area contributed by atoms with E-state index in [2.05, 4.69) is 10.6 Å². The first-order valence-electron chi connectivity index (χ1n) is 11.3. The van der Waals surface area contributed by atoms with Gasteiger partial charge in [0.25, 0.3) is 0 Å². The van der Waals surface area contributed by atoms with Crippen LogP contribution >= 0.6 is 0 Å². The van der Waals surface area contributed by atoms with Gasteiger partial charge < -0.3 is 15.4 Å². The quantitative estimate of drug-likeness (QED) is 0.644. The number of rotatable bonds is 7. The van der Waals surface area contributed by atoms with E-state index in [4.69, 9.17) is 4.74 Å². The number of anilines is 2. The van der Waals surface area contributed by atoms with Crippen LogP contribution in [0.25, 0.3) is 0 Å². The predicted octanol–water partition coefficient (Wildman–Crippen LogP) is 3.40. The van der Waals surface area contributed by atoms with E-state index in [9.17, 15) is 18.0 Å². The van der Waals surface area contributed by atoms with Crippen LogP contribution in [0.5, 0.6) is 5.75 Å². The Balaban J connectivity index is 1.42. The molecule has 2 amide bonds. The third-order valence-electron chi connectivity index (χ3n) is 6.21. The maximum absolute atomic E-state index is 13.2. The fourth-order valence-corrected chi connectivity index (χ4v) is 6.07. The molecule has 9 heteroatoms. The molecule has 4 rings (SSSR count). The summed E-state index contributed by atoms with van der Waals surface area (Å²) in [5.74, 6) is -0.387. The van der Waals surface area contributed by atoms with Gasteiger partial charge in [0, 0.05) is 36.8 Å². The van der Waals surface area contributed by atoms with Crippen LogP contribution in [0.15, 0.2) is 47.4 Å². The van der Waals surface area contributed by atoms with Gasteiger partial charge in [0.05, 0.1) is 7.11 Å². The fraction of sp³-hybridized carbons (Fsp3) is 0.417. The minimum atomic E-state index is -3.72. The van der Waals surface area contributed by atoms with E-state index in [1.54, 1.807) is 12.1 Å². The van der Waals surface area contributed by atoms with Gasteiger partial charge in [-0.15, -0.1) is 0 Å². The topological polar surface area (TPSA) is 105 Å². The van der Waals surface area contributed by atoms with Gasteiger partial charge in [0.2, 0.25) is 21.8 Å². The van der Waals surface area contributed by atoms with Crippen molar-refractivity contribution < 1.29 is 22.7 Å². The molecule has 2 aromatic carbocycles. The average molecular weight is 472 g/mol. The zero-order valence-corrected chi connectivity index (χ0v) is 19.5. The number of carbonyl (C=O) groups excluding carboxylic acids is 2. The van der Waals surface area contributed by atoms with Crippen LogP contribution < -0.4 is 15.4 Å². The number of amides is 2. The molecule has 1 atom stereocenters. The number of ether oxygens (including phenoxy) is 1. The first-order valence-corrected chi connectivity index (χ1v) is 12.7. The summed E-state index contributed by atoms with van der Waals surface area (Å²) >= 11 is 0. The van der Waals surface area contributed by atoms with E-state index >= 15 is 0 Å². The Morgan fingerprint density at radius 3 is 2.67 bits per heavy atom. The lowest BCUT2D eigenvalue weighted by molar-refractivity contribution is -0.121. The van der Waals surface area contributed by atoms with Crippen LogP contribution in [0.1, 0.15) is 37.7 Å². The molecule has 0 bridgehead atoms. The van der Waals surface area contributed by atoms with Crippen LogP contribution in [-0.4, -0.2) is 44.7 Å². The van der Waals surface area contributed by atoms with Crippen molar-refractivity contribution in [3.8, 4) is 5.75 Å². The monoisotopic (exact) mass is 471 g/mol. The van der Waals surface area contributed by atoms with Gasteiger partial charge in [-0.25, -0.2) is 8.42 Å². The van der Waals surface area contributed by atoms with Crippen LogP contribution in [0.2, 0.25) is 0 Å². The van der Waals surface area contributed by atoms with Crippen molar-refractivity contribution in [3.63, 3.8) is 0 Å². The SMILES string of the molecule is COc1ccc(NC(=O)CCC2Cc3ccccc3NC2=O)cc1S(=O)(=O)N1CCCCC1. The highest BCUT2D eigenvalue weighted by molar-refractivity contribution is 7.89. The summed E-state index contributed by atoms with van der Waals surface area (Å²) in [6, 6.07) is 12.3. The van der Waals surface area contributed by atoms with Gasteiger partial charge in [0.1, 0.15) is 10.6 Å². The lowest BCUT2D eigenvalue weighted by Crippen LogP contribution is -2.35. The molecule has 2 aliphatic heterocycles. The van der Waals surface area contributed by atoms with E-state index < -0.39 is 10.0 Å². The normalized spacial score (nSPS) is 18.8. The van der Waals surface area contributed by atoms with Crippen molar-refractivity contribution in [2.75, 3.05) is 30.8 Å². The van der Waals surface area contributed by atoms with E-state index in [0.717, 1.165) is 30.5 Å². The molecule has 1 unspecified atom stereocenters. The zero-order valence-electron chi connectivity index (χ0n) is 18.7. The second-order valence-corrected chi connectivity index (χ2v) is 10.4. The minimum absolute atomic E-state index is 0.0490. The zero-order chi connectivity index (χ0) is 23.4. The molecule has 33 heavy (non-hydrogen) atoms.